The van der Waals surface area contributed by atoms with Gasteiger partial charge < -0.3 is 5.32 Å². The van der Waals surface area contributed by atoms with Crippen LogP contribution in [-0.2, 0) is 13.0 Å². The Morgan fingerprint density at radius 2 is 1.85 bits per heavy atom. The van der Waals surface area contributed by atoms with Gasteiger partial charge in [0, 0.05) is 40.6 Å². The van der Waals surface area contributed by atoms with E-state index in [1.54, 1.807) is 11.3 Å². The standard InChI is InChI=1S/C15H20N4S/c1-9-8-20-15(17-9)6-14-18-10(2)13(11(3)19-14)7-16-12-4-5-12/h8,12,16H,4-7H2,1-3H3. The average Bonchev–Trinajstić information content (AvgIpc) is 3.11. The molecule has 0 amide bonds. The molecule has 1 N–H and O–H groups in total. The molecule has 3 rings (SSSR count). The zero-order chi connectivity index (χ0) is 14.1. The number of aryl methyl sites for hydroxylation is 3. The lowest BCUT2D eigenvalue weighted by molar-refractivity contribution is 0.672. The van der Waals surface area contributed by atoms with E-state index in [0.717, 1.165) is 40.9 Å². The van der Waals surface area contributed by atoms with Gasteiger partial charge in [-0.05, 0) is 33.6 Å². The average molecular weight is 288 g/mol. The molecule has 20 heavy (non-hydrogen) atoms. The van der Waals surface area contributed by atoms with Crippen molar-refractivity contribution in [2.45, 2.75) is 52.6 Å². The minimum Gasteiger partial charge on any atom is -0.310 e. The van der Waals surface area contributed by atoms with Crippen LogP contribution in [0.3, 0.4) is 0 Å². The molecular weight excluding hydrogens is 268 g/mol. The van der Waals surface area contributed by atoms with Gasteiger partial charge in [-0.15, -0.1) is 11.3 Å². The molecule has 1 fully saturated rings. The zero-order valence-corrected chi connectivity index (χ0v) is 13.0. The van der Waals surface area contributed by atoms with Gasteiger partial charge in [-0.2, -0.15) is 0 Å². The van der Waals surface area contributed by atoms with Gasteiger partial charge in [0.05, 0.1) is 6.42 Å². The van der Waals surface area contributed by atoms with Crippen LogP contribution in [0.2, 0.25) is 0 Å². The summed E-state index contributed by atoms with van der Waals surface area (Å²) < 4.78 is 0. The maximum absolute atomic E-state index is 4.65. The Bertz CT molecular complexity index is 593. The molecule has 4 nitrogen and oxygen atoms in total. The summed E-state index contributed by atoms with van der Waals surface area (Å²) in [5.74, 6) is 0.879. The smallest absolute Gasteiger partial charge is 0.135 e. The number of nitrogens with one attached hydrogen (secondary N) is 1. The fourth-order valence-corrected chi connectivity index (χ4v) is 3.07. The van der Waals surface area contributed by atoms with Crippen molar-refractivity contribution >= 4 is 11.3 Å². The van der Waals surface area contributed by atoms with Gasteiger partial charge in [0.25, 0.3) is 0 Å². The van der Waals surface area contributed by atoms with E-state index in [2.05, 4.69) is 39.5 Å². The van der Waals surface area contributed by atoms with E-state index in [1.807, 2.05) is 6.92 Å². The van der Waals surface area contributed by atoms with Crippen molar-refractivity contribution in [3.8, 4) is 0 Å². The molecular formula is C15H20N4S. The van der Waals surface area contributed by atoms with Crippen molar-refractivity contribution < 1.29 is 0 Å². The molecule has 1 aliphatic rings. The summed E-state index contributed by atoms with van der Waals surface area (Å²) in [6, 6.07) is 0.715. The SMILES string of the molecule is Cc1csc(Cc2nc(C)c(CNC3CC3)c(C)n2)n1. The van der Waals surface area contributed by atoms with Crippen molar-refractivity contribution in [1.82, 2.24) is 20.3 Å². The van der Waals surface area contributed by atoms with Crippen LogP contribution >= 0.6 is 11.3 Å². The second-order valence-corrected chi connectivity index (χ2v) is 6.45. The summed E-state index contributed by atoms with van der Waals surface area (Å²) in [6.07, 6.45) is 3.34. The molecule has 5 heteroatoms. The first-order valence-electron chi connectivity index (χ1n) is 7.09. The summed E-state index contributed by atoms with van der Waals surface area (Å²) in [5.41, 5.74) is 4.50. The topological polar surface area (TPSA) is 50.7 Å². The maximum atomic E-state index is 4.65. The summed E-state index contributed by atoms with van der Waals surface area (Å²) in [6.45, 7) is 7.06. The van der Waals surface area contributed by atoms with Gasteiger partial charge in [0.15, 0.2) is 0 Å². The summed E-state index contributed by atoms with van der Waals surface area (Å²) >= 11 is 1.68. The zero-order valence-electron chi connectivity index (χ0n) is 12.2. The van der Waals surface area contributed by atoms with Crippen LogP contribution in [0.25, 0.3) is 0 Å². The predicted molar refractivity (Wildman–Crippen MR) is 81.0 cm³/mol. The lowest BCUT2D eigenvalue weighted by Crippen LogP contribution is -2.18. The number of rotatable bonds is 5. The van der Waals surface area contributed by atoms with Gasteiger partial charge in [0.2, 0.25) is 0 Å². The third kappa shape index (κ3) is 3.22. The molecule has 2 aromatic heterocycles. The van der Waals surface area contributed by atoms with Crippen LogP contribution in [0.5, 0.6) is 0 Å². The molecule has 2 heterocycles. The molecule has 1 aliphatic carbocycles. The largest absolute Gasteiger partial charge is 0.310 e. The molecule has 0 unspecified atom stereocenters. The Labute approximate surface area is 123 Å². The molecule has 106 valence electrons. The Hall–Kier alpha value is -1.33. The van der Waals surface area contributed by atoms with Crippen LogP contribution in [0, 0.1) is 20.8 Å². The number of hydrogen-bond donors (Lipinski definition) is 1. The van der Waals surface area contributed by atoms with E-state index < -0.39 is 0 Å². The first kappa shape index (κ1) is 13.6. The molecule has 0 spiro atoms. The number of aromatic nitrogens is 3. The number of nitrogens with zero attached hydrogens (tertiary/aromatic N) is 3. The fourth-order valence-electron chi connectivity index (χ4n) is 2.30. The van der Waals surface area contributed by atoms with Crippen molar-refractivity contribution in [3.63, 3.8) is 0 Å². The van der Waals surface area contributed by atoms with E-state index in [1.165, 1.54) is 18.4 Å². The highest BCUT2D eigenvalue weighted by Gasteiger charge is 2.21. The first-order valence-corrected chi connectivity index (χ1v) is 7.97. The summed E-state index contributed by atoms with van der Waals surface area (Å²) in [5, 5.41) is 6.70. The van der Waals surface area contributed by atoms with Crippen molar-refractivity contribution in [2.75, 3.05) is 0 Å². The summed E-state index contributed by atoms with van der Waals surface area (Å²) in [4.78, 5) is 13.8. The van der Waals surface area contributed by atoms with Gasteiger partial charge in [-0.3, -0.25) is 0 Å². The van der Waals surface area contributed by atoms with E-state index >= 15 is 0 Å². The lowest BCUT2D eigenvalue weighted by atomic mass is 10.1. The molecule has 0 saturated heterocycles. The quantitative estimate of drug-likeness (QED) is 0.919. The monoisotopic (exact) mass is 288 g/mol. The highest BCUT2D eigenvalue weighted by Crippen LogP contribution is 2.21. The highest BCUT2D eigenvalue weighted by atomic mass is 32.1. The third-order valence-electron chi connectivity index (χ3n) is 3.59. The van der Waals surface area contributed by atoms with Gasteiger partial charge in [-0.25, -0.2) is 15.0 Å². The second-order valence-electron chi connectivity index (χ2n) is 5.50. The van der Waals surface area contributed by atoms with Crippen LogP contribution in [0.1, 0.15) is 46.3 Å². The van der Waals surface area contributed by atoms with Crippen LogP contribution in [0.4, 0.5) is 0 Å². The molecule has 0 bridgehead atoms. The molecule has 1 saturated carbocycles. The van der Waals surface area contributed by atoms with Crippen LogP contribution in [0.15, 0.2) is 5.38 Å². The van der Waals surface area contributed by atoms with E-state index in [4.69, 9.17) is 0 Å². The minimum atomic E-state index is 0.715. The van der Waals surface area contributed by atoms with Gasteiger partial charge in [-0.1, -0.05) is 0 Å². The molecule has 0 radical (unpaired) electrons. The van der Waals surface area contributed by atoms with E-state index in [0.29, 0.717) is 6.04 Å². The third-order valence-corrected chi connectivity index (χ3v) is 4.55. The van der Waals surface area contributed by atoms with E-state index in [9.17, 15) is 0 Å². The predicted octanol–water partition coefficient (Wildman–Crippen LogP) is 2.70. The van der Waals surface area contributed by atoms with Crippen LogP contribution < -0.4 is 5.32 Å². The normalized spacial score (nSPS) is 14.8. The maximum Gasteiger partial charge on any atom is 0.135 e. The summed E-state index contributed by atoms with van der Waals surface area (Å²) in [7, 11) is 0. The first-order chi connectivity index (χ1) is 9.61. The Kier molecular flexibility index (Phi) is 3.81. The Morgan fingerprint density at radius 1 is 1.15 bits per heavy atom. The van der Waals surface area contributed by atoms with Crippen molar-refractivity contribution in [2.24, 2.45) is 0 Å². The molecule has 2 aromatic rings. The fraction of sp³-hybridized carbons (Fsp3) is 0.533. The van der Waals surface area contributed by atoms with Crippen LogP contribution in [-0.4, -0.2) is 21.0 Å². The number of thiazole rings is 1. The Morgan fingerprint density at radius 3 is 2.40 bits per heavy atom. The lowest BCUT2D eigenvalue weighted by Gasteiger charge is -2.11. The molecule has 0 atom stereocenters. The van der Waals surface area contributed by atoms with Crippen molar-refractivity contribution in [3.05, 3.63) is 38.9 Å². The second kappa shape index (κ2) is 5.58. The van der Waals surface area contributed by atoms with E-state index in [-0.39, 0.29) is 0 Å². The Balaban J connectivity index is 1.75. The highest BCUT2D eigenvalue weighted by molar-refractivity contribution is 7.09. The van der Waals surface area contributed by atoms with Crippen molar-refractivity contribution in [1.29, 1.82) is 0 Å². The minimum absolute atomic E-state index is 0.715. The molecule has 0 aliphatic heterocycles. The number of hydrogen-bond acceptors (Lipinski definition) is 5. The van der Waals surface area contributed by atoms with Gasteiger partial charge in [0.1, 0.15) is 10.8 Å². The molecule has 0 aromatic carbocycles. The van der Waals surface area contributed by atoms with Gasteiger partial charge >= 0.3 is 0 Å².